The lowest BCUT2D eigenvalue weighted by Crippen LogP contribution is -2.50. The van der Waals surface area contributed by atoms with Crippen molar-refractivity contribution in [2.24, 2.45) is 34.5 Å². The topological polar surface area (TPSA) is 72.9 Å². The zero-order valence-electron chi connectivity index (χ0n) is 27.1. The van der Waals surface area contributed by atoms with Gasteiger partial charge in [-0.25, -0.2) is 0 Å². The molecule has 1 aromatic carbocycles. The van der Waals surface area contributed by atoms with Crippen LogP contribution in [0.15, 0.2) is 47.7 Å². The second kappa shape index (κ2) is 14.6. The molecule has 6 nitrogen and oxygen atoms in total. The van der Waals surface area contributed by atoms with Crippen LogP contribution in [0.5, 0.6) is 0 Å². The van der Waals surface area contributed by atoms with Gasteiger partial charge in [-0.05, 0) is 109 Å². The maximum atomic E-state index is 13.1. The molecule has 0 bridgehead atoms. The number of halogens is 2. The molecule has 0 heterocycles. The first kappa shape index (κ1) is 34.0. The van der Waals surface area contributed by atoms with E-state index in [0.717, 1.165) is 82.3 Å². The summed E-state index contributed by atoms with van der Waals surface area (Å²) in [6.07, 6.45) is 13.4. The van der Waals surface area contributed by atoms with Crippen LogP contribution in [0.4, 0.5) is 5.69 Å². The third-order valence-electron chi connectivity index (χ3n) is 11.6. The summed E-state index contributed by atoms with van der Waals surface area (Å²) in [4.78, 5) is 39.4. The number of nitrogens with zero attached hydrogens (tertiary/aromatic N) is 1. The fourth-order valence-corrected chi connectivity index (χ4v) is 9.67. The van der Waals surface area contributed by atoms with E-state index in [1.807, 2.05) is 0 Å². The average molecular weight is 659 g/mol. The van der Waals surface area contributed by atoms with Crippen LogP contribution >= 0.6 is 23.2 Å². The van der Waals surface area contributed by atoms with Crippen molar-refractivity contribution in [1.82, 2.24) is 0 Å². The number of ether oxygens (including phenoxy) is 2. The number of hydrogen-bond acceptors (Lipinski definition) is 6. The third-order valence-corrected chi connectivity index (χ3v) is 12.0. The monoisotopic (exact) mass is 657 g/mol. The van der Waals surface area contributed by atoms with E-state index >= 15 is 0 Å². The summed E-state index contributed by atoms with van der Waals surface area (Å²) in [5.41, 5.74) is 3.67. The standard InChI is InChI=1S/C37H49Cl2NO5/c1-25(41)44-24-34(42)33-14-13-31-30-12-9-27-23-29(15-17-36(27,2)32(30)16-18-37(31,33)3)45-35(43)6-4-5-26-7-10-28(11-8-26)40(21-19-38)22-20-39/h7-11,23,30-33H,4-6,12-22,24H2,1-3H3/t30-,31-,32-,33+,36-,37-/m0/s1. The van der Waals surface area contributed by atoms with Gasteiger partial charge in [0.15, 0.2) is 5.78 Å². The molecule has 2 saturated carbocycles. The van der Waals surface area contributed by atoms with Gasteiger partial charge in [-0.3, -0.25) is 14.4 Å². The summed E-state index contributed by atoms with van der Waals surface area (Å²) >= 11 is 11.9. The molecule has 1 aromatic rings. The normalized spacial score (nSPS) is 30.2. The van der Waals surface area contributed by atoms with Crippen LogP contribution in [-0.4, -0.2) is 49.2 Å². The summed E-state index contributed by atoms with van der Waals surface area (Å²) in [6, 6.07) is 8.43. The third kappa shape index (κ3) is 7.32. The number of esters is 2. The first-order valence-corrected chi connectivity index (χ1v) is 17.9. The van der Waals surface area contributed by atoms with Gasteiger partial charge in [0.2, 0.25) is 0 Å². The average Bonchev–Trinajstić information content (AvgIpc) is 3.37. The molecule has 0 aromatic heterocycles. The van der Waals surface area contributed by atoms with Crippen LogP contribution in [-0.2, 0) is 30.3 Å². The number of carbonyl (C=O) groups excluding carboxylic acids is 3. The zero-order valence-corrected chi connectivity index (χ0v) is 28.6. The van der Waals surface area contributed by atoms with Crippen LogP contribution in [0.25, 0.3) is 0 Å². The molecular formula is C37H49Cl2NO5. The Hall–Kier alpha value is -2.31. The Morgan fingerprint density at radius 3 is 2.40 bits per heavy atom. The minimum atomic E-state index is -0.393. The van der Waals surface area contributed by atoms with Gasteiger partial charge in [0.05, 0.1) is 0 Å². The Kier molecular flexibility index (Phi) is 11.1. The highest BCUT2D eigenvalue weighted by Crippen LogP contribution is 2.66. The lowest BCUT2D eigenvalue weighted by atomic mass is 9.48. The van der Waals surface area contributed by atoms with Crippen molar-refractivity contribution in [1.29, 1.82) is 0 Å². The molecular weight excluding hydrogens is 609 g/mol. The number of hydrogen-bond donors (Lipinski definition) is 0. The van der Waals surface area contributed by atoms with Crippen molar-refractivity contribution in [2.75, 3.05) is 36.4 Å². The highest BCUT2D eigenvalue weighted by Gasteiger charge is 2.59. The molecule has 246 valence electrons. The number of fused-ring (bicyclic) bond motifs is 5. The highest BCUT2D eigenvalue weighted by molar-refractivity contribution is 6.18. The lowest BCUT2D eigenvalue weighted by Gasteiger charge is -2.56. The number of alkyl halides is 2. The maximum Gasteiger partial charge on any atom is 0.310 e. The molecule has 45 heavy (non-hydrogen) atoms. The van der Waals surface area contributed by atoms with Gasteiger partial charge in [0.25, 0.3) is 0 Å². The van der Waals surface area contributed by atoms with Gasteiger partial charge < -0.3 is 14.4 Å². The van der Waals surface area contributed by atoms with Gasteiger partial charge in [-0.15, -0.1) is 23.2 Å². The first-order chi connectivity index (χ1) is 21.6. The second-order valence-electron chi connectivity index (χ2n) is 14.1. The molecule has 6 atom stereocenters. The summed E-state index contributed by atoms with van der Waals surface area (Å²) in [5.74, 6) is 3.04. The number of ketones is 1. The van der Waals surface area contributed by atoms with Crippen LogP contribution in [0.1, 0.15) is 84.1 Å². The van der Waals surface area contributed by atoms with Gasteiger partial charge in [-0.1, -0.05) is 32.1 Å². The number of aryl methyl sites for hydroxylation is 1. The van der Waals surface area contributed by atoms with Gasteiger partial charge in [0, 0.05) is 56.2 Å². The van der Waals surface area contributed by atoms with E-state index in [9.17, 15) is 14.4 Å². The molecule has 0 N–H and O–H groups in total. The lowest BCUT2D eigenvalue weighted by molar-refractivity contribution is -0.149. The SMILES string of the molecule is CC(=O)OCC(=O)[C@H]1CC[C@H]2[C@@H]3CC=C4C=C(OC(=O)CCCc5ccc(N(CCCl)CCCl)cc5)CC[C@]4(C)[C@H]3CC[C@]12C. The molecule has 8 heteroatoms. The Morgan fingerprint density at radius 1 is 0.978 bits per heavy atom. The van der Waals surface area contributed by atoms with Crippen molar-refractivity contribution in [2.45, 2.75) is 85.0 Å². The van der Waals surface area contributed by atoms with Gasteiger partial charge >= 0.3 is 11.9 Å². The smallest absolute Gasteiger partial charge is 0.310 e. The maximum absolute atomic E-state index is 13.1. The van der Waals surface area contributed by atoms with Crippen molar-refractivity contribution >= 4 is 46.6 Å². The van der Waals surface area contributed by atoms with E-state index < -0.39 is 5.97 Å². The van der Waals surface area contributed by atoms with Crippen LogP contribution in [0, 0.1) is 34.5 Å². The molecule has 0 unspecified atom stereocenters. The van der Waals surface area contributed by atoms with Crippen molar-refractivity contribution < 1.29 is 23.9 Å². The summed E-state index contributed by atoms with van der Waals surface area (Å²) in [6.45, 7) is 7.50. The number of Topliss-reactive ketones (excluding diaryl/α,β-unsaturated/α-hetero) is 1. The number of benzene rings is 1. The first-order valence-electron chi connectivity index (χ1n) is 16.8. The minimum Gasteiger partial charge on any atom is -0.458 e. The molecule has 0 amide bonds. The summed E-state index contributed by atoms with van der Waals surface area (Å²) in [7, 11) is 0. The Balaban J connectivity index is 1.15. The molecule has 0 spiro atoms. The van der Waals surface area contributed by atoms with Gasteiger partial charge in [0.1, 0.15) is 12.4 Å². The van der Waals surface area contributed by atoms with E-state index in [4.69, 9.17) is 32.7 Å². The molecule has 5 rings (SSSR count). The molecule has 0 aliphatic heterocycles. The summed E-state index contributed by atoms with van der Waals surface area (Å²) in [5, 5.41) is 0. The predicted molar refractivity (Wildman–Crippen MR) is 179 cm³/mol. The van der Waals surface area contributed by atoms with Crippen LogP contribution in [0.3, 0.4) is 0 Å². The van der Waals surface area contributed by atoms with E-state index in [1.165, 1.54) is 18.1 Å². The Bertz CT molecular complexity index is 1300. The minimum absolute atomic E-state index is 0.0230. The Labute approximate surface area is 278 Å². The van der Waals surface area contributed by atoms with E-state index in [-0.39, 0.29) is 35.1 Å². The fraction of sp³-hybridized carbons (Fsp3) is 0.649. The van der Waals surface area contributed by atoms with Crippen molar-refractivity contribution in [3.63, 3.8) is 0 Å². The Morgan fingerprint density at radius 2 is 1.71 bits per heavy atom. The van der Waals surface area contributed by atoms with Crippen molar-refractivity contribution in [3.8, 4) is 0 Å². The second-order valence-corrected chi connectivity index (χ2v) is 14.8. The number of carbonyl (C=O) groups is 3. The fourth-order valence-electron chi connectivity index (χ4n) is 9.26. The van der Waals surface area contributed by atoms with Crippen LogP contribution in [0.2, 0.25) is 0 Å². The zero-order chi connectivity index (χ0) is 32.2. The number of rotatable bonds is 13. The quantitative estimate of drug-likeness (QED) is 0.158. The molecule has 2 fully saturated rings. The number of anilines is 1. The van der Waals surface area contributed by atoms with E-state index in [0.29, 0.717) is 35.9 Å². The van der Waals surface area contributed by atoms with Gasteiger partial charge in [-0.2, -0.15) is 0 Å². The van der Waals surface area contributed by atoms with Crippen molar-refractivity contribution in [3.05, 3.63) is 53.3 Å². The van der Waals surface area contributed by atoms with E-state index in [2.05, 4.69) is 55.2 Å². The molecule has 0 saturated heterocycles. The number of allylic oxidation sites excluding steroid dienone is 4. The molecule has 4 aliphatic carbocycles. The van der Waals surface area contributed by atoms with E-state index in [1.54, 1.807) is 0 Å². The highest BCUT2D eigenvalue weighted by atomic mass is 35.5. The molecule has 0 radical (unpaired) electrons. The predicted octanol–water partition coefficient (Wildman–Crippen LogP) is 8.04. The summed E-state index contributed by atoms with van der Waals surface area (Å²) < 4.78 is 11.0. The van der Waals surface area contributed by atoms with Crippen LogP contribution < -0.4 is 4.90 Å². The molecule has 4 aliphatic rings. The largest absolute Gasteiger partial charge is 0.458 e.